The van der Waals surface area contributed by atoms with Gasteiger partial charge in [0.05, 0.1) is 0 Å². The van der Waals surface area contributed by atoms with Crippen LogP contribution >= 0.6 is 0 Å². The topological polar surface area (TPSA) is 33.5 Å². The van der Waals surface area contributed by atoms with E-state index in [1.807, 2.05) is 6.07 Å². The number of carbonyl (C=O) groups is 1. The van der Waals surface area contributed by atoms with E-state index >= 15 is 0 Å². The minimum absolute atomic E-state index is 0.403. The Morgan fingerprint density at radius 2 is 1.94 bits per heavy atom. The molecule has 0 saturated heterocycles. The fourth-order valence-electron chi connectivity index (χ4n) is 2.10. The van der Waals surface area contributed by atoms with Gasteiger partial charge in [0.25, 0.3) is 0 Å². The average Bonchev–Trinajstić information content (AvgIpc) is 2.77. The summed E-state index contributed by atoms with van der Waals surface area (Å²) < 4.78 is 5.54. The highest BCUT2D eigenvalue weighted by atomic mass is 16.4. The molecule has 96 valence electrons. The summed E-state index contributed by atoms with van der Waals surface area (Å²) in [5.74, 6) is 1.79. The third-order valence-electron chi connectivity index (χ3n) is 2.96. The second-order valence-electron chi connectivity index (χ2n) is 4.81. The largest absolute Gasteiger partial charge is 0.438 e. The van der Waals surface area contributed by atoms with Crippen molar-refractivity contribution in [1.29, 1.82) is 0 Å². The van der Waals surface area contributed by atoms with Crippen molar-refractivity contribution in [2.45, 2.75) is 46.6 Å². The van der Waals surface area contributed by atoms with E-state index in [0.717, 1.165) is 31.6 Å². The molecule has 0 aliphatic carbocycles. The van der Waals surface area contributed by atoms with Crippen molar-refractivity contribution in [2.75, 3.05) is 11.4 Å². The normalized spacial score (nSPS) is 11.2. The molecule has 1 aromatic rings. The quantitative estimate of drug-likeness (QED) is 0.677. The van der Waals surface area contributed by atoms with E-state index in [4.69, 9.17) is 4.42 Å². The molecule has 0 spiro atoms. The van der Waals surface area contributed by atoms with Crippen molar-refractivity contribution in [3.05, 3.63) is 17.9 Å². The maximum atomic E-state index is 10.7. The highest BCUT2D eigenvalue weighted by molar-refractivity contribution is 5.71. The number of aldehydes is 1. The predicted octanol–water partition coefficient (Wildman–Crippen LogP) is 3.74. The van der Waals surface area contributed by atoms with E-state index in [9.17, 15) is 4.79 Å². The summed E-state index contributed by atoms with van der Waals surface area (Å²) in [7, 11) is 0. The van der Waals surface area contributed by atoms with Crippen molar-refractivity contribution in [1.82, 2.24) is 0 Å². The van der Waals surface area contributed by atoms with Crippen LogP contribution in [0.15, 0.2) is 16.5 Å². The molecule has 0 aliphatic rings. The molecule has 17 heavy (non-hydrogen) atoms. The van der Waals surface area contributed by atoms with Gasteiger partial charge in [0.15, 0.2) is 17.9 Å². The Bertz CT molecular complexity index is 340. The van der Waals surface area contributed by atoms with Gasteiger partial charge >= 0.3 is 0 Å². The zero-order chi connectivity index (χ0) is 12.8. The van der Waals surface area contributed by atoms with E-state index in [0.29, 0.717) is 17.7 Å². The molecule has 1 heterocycles. The van der Waals surface area contributed by atoms with Gasteiger partial charge in [0.1, 0.15) is 0 Å². The molecule has 1 aromatic heterocycles. The summed E-state index contributed by atoms with van der Waals surface area (Å²) in [5, 5.41) is 0. The Morgan fingerprint density at radius 1 is 1.29 bits per heavy atom. The molecule has 0 aliphatic heterocycles. The number of carbonyl (C=O) groups excluding carboxylic acids is 1. The van der Waals surface area contributed by atoms with Crippen molar-refractivity contribution in [2.24, 2.45) is 5.92 Å². The first-order valence-corrected chi connectivity index (χ1v) is 6.44. The monoisotopic (exact) mass is 237 g/mol. The van der Waals surface area contributed by atoms with Gasteiger partial charge in [0, 0.05) is 18.7 Å². The van der Waals surface area contributed by atoms with Crippen molar-refractivity contribution in [3.63, 3.8) is 0 Å². The summed E-state index contributed by atoms with van der Waals surface area (Å²) in [5.41, 5.74) is 0. The van der Waals surface area contributed by atoms with Gasteiger partial charge in [-0.1, -0.05) is 27.7 Å². The number of hydrogen-bond acceptors (Lipinski definition) is 3. The fraction of sp³-hybridized carbons (Fsp3) is 0.643. The number of anilines is 1. The van der Waals surface area contributed by atoms with E-state index in [-0.39, 0.29) is 0 Å². The Morgan fingerprint density at radius 3 is 2.35 bits per heavy atom. The van der Waals surface area contributed by atoms with Gasteiger partial charge in [-0.3, -0.25) is 4.79 Å². The molecule has 0 amide bonds. The molecule has 0 bridgehead atoms. The molecule has 0 N–H and O–H groups in total. The van der Waals surface area contributed by atoms with Gasteiger partial charge in [-0.05, 0) is 24.8 Å². The molecule has 1 rings (SSSR count). The number of nitrogens with zero attached hydrogens (tertiary/aromatic N) is 1. The molecule has 3 nitrogen and oxygen atoms in total. The first kappa shape index (κ1) is 13.8. The summed E-state index contributed by atoms with van der Waals surface area (Å²) in [4.78, 5) is 12.9. The average molecular weight is 237 g/mol. The van der Waals surface area contributed by atoms with Crippen LogP contribution in [0.3, 0.4) is 0 Å². The predicted molar refractivity (Wildman–Crippen MR) is 70.6 cm³/mol. The van der Waals surface area contributed by atoms with Crippen LogP contribution in [0.25, 0.3) is 0 Å². The van der Waals surface area contributed by atoms with Gasteiger partial charge in [-0.15, -0.1) is 0 Å². The Labute approximate surface area is 104 Å². The van der Waals surface area contributed by atoms with Crippen molar-refractivity contribution in [3.8, 4) is 0 Å². The highest BCUT2D eigenvalue weighted by Gasteiger charge is 2.19. The third-order valence-corrected chi connectivity index (χ3v) is 2.96. The lowest BCUT2D eigenvalue weighted by molar-refractivity contribution is 0.110. The number of rotatable bonds is 7. The molecule has 0 saturated carbocycles. The summed E-state index contributed by atoms with van der Waals surface area (Å²) >= 11 is 0. The molecule has 0 unspecified atom stereocenters. The van der Waals surface area contributed by atoms with Crippen LogP contribution in [0.1, 0.15) is 51.1 Å². The maximum Gasteiger partial charge on any atom is 0.196 e. The van der Waals surface area contributed by atoms with E-state index in [1.54, 1.807) is 6.07 Å². The lowest BCUT2D eigenvalue weighted by Crippen LogP contribution is -2.37. The van der Waals surface area contributed by atoms with Crippen LogP contribution in [0.4, 0.5) is 5.88 Å². The standard InChI is InChI=1S/C14H23NO2/c1-5-12(6-2)15(9-11(3)4)14-8-7-13(10-16)17-14/h7-8,10-12H,5-6,9H2,1-4H3. The molecule has 0 aromatic carbocycles. The van der Waals surface area contributed by atoms with Crippen LogP contribution in [0, 0.1) is 5.92 Å². The fourth-order valence-corrected chi connectivity index (χ4v) is 2.10. The van der Waals surface area contributed by atoms with Crippen LogP contribution in [-0.4, -0.2) is 18.9 Å². The zero-order valence-corrected chi connectivity index (χ0v) is 11.3. The maximum absolute atomic E-state index is 10.7. The molecular weight excluding hydrogens is 214 g/mol. The summed E-state index contributed by atoms with van der Waals surface area (Å²) in [6, 6.07) is 4.10. The Balaban J connectivity index is 2.91. The zero-order valence-electron chi connectivity index (χ0n) is 11.3. The molecule has 0 fully saturated rings. The molecular formula is C14H23NO2. The van der Waals surface area contributed by atoms with Crippen LogP contribution in [0.2, 0.25) is 0 Å². The van der Waals surface area contributed by atoms with Crippen molar-refractivity contribution < 1.29 is 9.21 Å². The Hall–Kier alpha value is -1.25. The highest BCUT2D eigenvalue weighted by Crippen LogP contribution is 2.24. The van der Waals surface area contributed by atoms with Gasteiger partial charge in [-0.25, -0.2) is 0 Å². The van der Waals surface area contributed by atoms with Crippen molar-refractivity contribution >= 4 is 12.2 Å². The molecule has 0 atom stereocenters. The minimum Gasteiger partial charge on any atom is -0.438 e. The van der Waals surface area contributed by atoms with E-state index in [1.165, 1.54) is 0 Å². The van der Waals surface area contributed by atoms with Crippen LogP contribution in [-0.2, 0) is 0 Å². The minimum atomic E-state index is 0.403. The second kappa shape index (κ2) is 6.48. The van der Waals surface area contributed by atoms with Gasteiger partial charge < -0.3 is 9.32 Å². The molecule has 3 heteroatoms. The smallest absolute Gasteiger partial charge is 0.196 e. The SMILES string of the molecule is CCC(CC)N(CC(C)C)c1ccc(C=O)o1. The lowest BCUT2D eigenvalue weighted by atomic mass is 10.1. The van der Waals surface area contributed by atoms with Crippen LogP contribution in [0.5, 0.6) is 0 Å². The van der Waals surface area contributed by atoms with E-state index < -0.39 is 0 Å². The van der Waals surface area contributed by atoms with Crippen LogP contribution < -0.4 is 4.90 Å². The second-order valence-corrected chi connectivity index (χ2v) is 4.81. The third kappa shape index (κ3) is 3.62. The van der Waals surface area contributed by atoms with Gasteiger partial charge in [0.2, 0.25) is 0 Å². The summed E-state index contributed by atoms with van der Waals surface area (Å²) in [6.45, 7) is 9.71. The first-order chi connectivity index (χ1) is 8.12. The lowest BCUT2D eigenvalue weighted by Gasteiger charge is -2.31. The van der Waals surface area contributed by atoms with Gasteiger partial charge in [-0.2, -0.15) is 0 Å². The number of hydrogen-bond donors (Lipinski definition) is 0. The van der Waals surface area contributed by atoms with E-state index in [2.05, 4.69) is 32.6 Å². The number of furan rings is 1. The molecule has 0 radical (unpaired) electrons. The Kier molecular flexibility index (Phi) is 5.26. The summed E-state index contributed by atoms with van der Waals surface area (Å²) in [6.07, 6.45) is 2.92. The first-order valence-electron chi connectivity index (χ1n) is 6.44.